The summed E-state index contributed by atoms with van der Waals surface area (Å²) in [6.07, 6.45) is 1.52. The van der Waals surface area contributed by atoms with Gasteiger partial charge in [0.15, 0.2) is 0 Å². The zero-order chi connectivity index (χ0) is 12.3. The number of halogens is 1. The van der Waals surface area contributed by atoms with Gasteiger partial charge in [-0.25, -0.2) is 4.98 Å². The van der Waals surface area contributed by atoms with Gasteiger partial charge in [0.2, 0.25) is 5.28 Å². The third kappa shape index (κ3) is 2.45. The van der Waals surface area contributed by atoms with Crippen molar-refractivity contribution in [3.05, 3.63) is 29.7 Å². The predicted molar refractivity (Wildman–Crippen MR) is 63.4 cm³/mol. The number of methoxy groups -OCH3 is 2. The first-order valence-electron chi connectivity index (χ1n) is 4.82. The van der Waals surface area contributed by atoms with Crippen LogP contribution in [0.1, 0.15) is 0 Å². The minimum atomic E-state index is 0.0976. The maximum atomic E-state index is 5.70. The molecule has 5 nitrogen and oxygen atoms in total. The van der Waals surface area contributed by atoms with Crippen molar-refractivity contribution in [2.24, 2.45) is 0 Å². The van der Waals surface area contributed by atoms with Crippen LogP contribution in [0.15, 0.2) is 24.4 Å². The Kier molecular flexibility index (Phi) is 3.39. The van der Waals surface area contributed by atoms with Crippen molar-refractivity contribution in [3.63, 3.8) is 0 Å². The normalized spacial score (nSPS) is 10.1. The Bertz CT molecular complexity index is 534. The Morgan fingerprint density at radius 3 is 2.65 bits per heavy atom. The van der Waals surface area contributed by atoms with Crippen molar-refractivity contribution >= 4 is 11.6 Å². The van der Waals surface area contributed by atoms with Crippen LogP contribution in [0.25, 0.3) is 11.3 Å². The molecule has 0 aliphatic rings. The summed E-state index contributed by atoms with van der Waals surface area (Å²) in [5.41, 5.74) is 1.38. The van der Waals surface area contributed by atoms with E-state index >= 15 is 0 Å². The second-order valence-corrected chi connectivity index (χ2v) is 3.51. The fourth-order valence-corrected chi connectivity index (χ4v) is 1.56. The van der Waals surface area contributed by atoms with Gasteiger partial charge in [-0.2, -0.15) is 5.10 Å². The average Bonchev–Trinajstić information content (AvgIpc) is 2.38. The molecule has 0 spiro atoms. The highest BCUT2D eigenvalue weighted by Crippen LogP contribution is 2.31. The number of hydrogen-bond donors (Lipinski definition) is 0. The number of rotatable bonds is 3. The van der Waals surface area contributed by atoms with E-state index < -0.39 is 0 Å². The van der Waals surface area contributed by atoms with Crippen molar-refractivity contribution in [2.75, 3.05) is 14.2 Å². The molecule has 0 atom stereocenters. The highest BCUT2D eigenvalue weighted by molar-refractivity contribution is 6.28. The zero-order valence-corrected chi connectivity index (χ0v) is 10.1. The lowest BCUT2D eigenvalue weighted by Gasteiger charge is -2.09. The minimum absolute atomic E-state index is 0.0976. The van der Waals surface area contributed by atoms with Gasteiger partial charge < -0.3 is 9.47 Å². The smallest absolute Gasteiger partial charge is 0.243 e. The third-order valence-corrected chi connectivity index (χ3v) is 2.38. The van der Waals surface area contributed by atoms with Gasteiger partial charge >= 0.3 is 0 Å². The van der Waals surface area contributed by atoms with Gasteiger partial charge in [-0.3, -0.25) is 0 Å². The number of nitrogens with zero attached hydrogens (tertiary/aromatic N) is 3. The van der Waals surface area contributed by atoms with Crippen molar-refractivity contribution < 1.29 is 9.47 Å². The Hall–Kier alpha value is -1.88. The largest absolute Gasteiger partial charge is 0.497 e. The lowest BCUT2D eigenvalue weighted by Crippen LogP contribution is -1.94. The Morgan fingerprint density at radius 1 is 1.18 bits per heavy atom. The molecule has 2 aromatic rings. The summed E-state index contributed by atoms with van der Waals surface area (Å²) in [6.45, 7) is 0. The molecule has 0 bridgehead atoms. The van der Waals surface area contributed by atoms with E-state index in [1.807, 2.05) is 12.1 Å². The molecule has 0 N–H and O–H groups in total. The monoisotopic (exact) mass is 251 g/mol. The van der Waals surface area contributed by atoms with E-state index in [1.54, 1.807) is 20.3 Å². The average molecular weight is 252 g/mol. The lowest BCUT2D eigenvalue weighted by atomic mass is 10.1. The molecule has 88 valence electrons. The minimum Gasteiger partial charge on any atom is -0.497 e. The molecule has 1 aromatic heterocycles. The highest BCUT2D eigenvalue weighted by atomic mass is 35.5. The summed E-state index contributed by atoms with van der Waals surface area (Å²) in [7, 11) is 3.17. The first-order chi connectivity index (χ1) is 8.24. The zero-order valence-electron chi connectivity index (χ0n) is 9.35. The Labute approximate surface area is 103 Å². The van der Waals surface area contributed by atoms with Crippen LogP contribution < -0.4 is 9.47 Å². The second-order valence-electron chi connectivity index (χ2n) is 3.18. The van der Waals surface area contributed by atoms with Crippen LogP contribution in [0, 0.1) is 0 Å². The molecule has 17 heavy (non-hydrogen) atoms. The van der Waals surface area contributed by atoms with Gasteiger partial charge in [0.1, 0.15) is 11.5 Å². The van der Waals surface area contributed by atoms with Gasteiger partial charge in [0, 0.05) is 11.6 Å². The number of aromatic nitrogens is 3. The van der Waals surface area contributed by atoms with Crippen molar-refractivity contribution in [1.29, 1.82) is 0 Å². The van der Waals surface area contributed by atoms with E-state index in [0.717, 1.165) is 5.56 Å². The van der Waals surface area contributed by atoms with Crippen LogP contribution in [0.2, 0.25) is 5.28 Å². The molecular weight excluding hydrogens is 242 g/mol. The fraction of sp³-hybridized carbons (Fsp3) is 0.182. The van der Waals surface area contributed by atoms with Gasteiger partial charge in [0.05, 0.1) is 26.1 Å². The molecule has 0 amide bonds. The van der Waals surface area contributed by atoms with Crippen molar-refractivity contribution in [3.8, 4) is 22.8 Å². The molecular formula is C11H10ClN3O2. The molecule has 6 heteroatoms. The van der Waals surface area contributed by atoms with Crippen LogP contribution in [0.5, 0.6) is 11.5 Å². The van der Waals surface area contributed by atoms with Crippen LogP contribution in [-0.4, -0.2) is 29.4 Å². The highest BCUT2D eigenvalue weighted by Gasteiger charge is 2.09. The summed E-state index contributed by atoms with van der Waals surface area (Å²) >= 11 is 5.70. The number of benzene rings is 1. The Balaban J connectivity index is 2.51. The quantitative estimate of drug-likeness (QED) is 0.837. The maximum Gasteiger partial charge on any atom is 0.243 e. The summed E-state index contributed by atoms with van der Waals surface area (Å²) in [4.78, 5) is 4.08. The van der Waals surface area contributed by atoms with Crippen LogP contribution >= 0.6 is 11.6 Å². The Morgan fingerprint density at radius 2 is 2.00 bits per heavy atom. The van der Waals surface area contributed by atoms with Gasteiger partial charge in [-0.05, 0) is 23.7 Å². The first kappa shape index (κ1) is 11.6. The van der Waals surface area contributed by atoms with Crippen molar-refractivity contribution in [1.82, 2.24) is 15.2 Å². The number of ether oxygens (including phenoxy) is 2. The summed E-state index contributed by atoms with van der Waals surface area (Å²) in [5.74, 6) is 1.35. The molecule has 0 aliphatic heterocycles. The second kappa shape index (κ2) is 4.97. The van der Waals surface area contributed by atoms with Gasteiger partial charge in [0.25, 0.3) is 0 Å². The standard InChI is InChI=1S/C11H10ClN3O2/c1-16-7-3-4-8(10(5-7)17-2)9-6-13-15-11(12)14-9/h3-6H,1-2H3. The first-order valence-corrected chi connectivity index (χ1v) is 5.20. The predicted octanol–water partition coefficient (Wildman–Crippen LogP) is 2.21. The topological polar surface area (TPSA) is 57.1 Å². The van der Waals surface area contributed by atoms with E-state index in [0.29, 0.717) is 17.2 Å². The van der Waals surface area contributed by atoms with Gasteiger partial charge in [-0.15, -0.1) is 5.10 Å². The SMILES string of the molecule is COc1ccc(-c2cnnc(Cl)n2)c(OC)c1. The molecule has 2 rings (SSSR count). The van der Waals surface area contributed by atoms with E-state index in [9.17, 15) is 0 Å². The maximum absolute atomic E-state index is 5.70. The molecule has 0 aliphatic carbocycles. The summed E-state index contributed by atoms with van der Waals surface area (Å²) in [6, 6.07) is 5.41. The molecule has 0 saturated carbocycles. The number of hydrogen-bond acceptors (Lipinski definition) is 5. The van der Waals surface area contributed by atoms with Crippen molar-refractivity contribution in [2.45, 2.75) is 0 Å². The van der Waals surface area contributed by atoms with Gasteiger partial charge in [-0.1, -0.05) is 0 Å². The van der Waals surface area contributed by atoms with Crippen LogP contribution in [0.4, 0.5) is 0 Å². The van der Waals surface area contributed by atoms with E-state index in [4.69, 9.17) is 21.1 Å². The third-order valence-electron chi connectivity index (χ3n) is 2.22. The summed E-state index contributed by atoms with van der Waals surface area (Å²) < 4.78 is 10.4. The molecule has 0 radical (unpaired) electrons. The van der Waals surface area contributed by atoms with Crippen LogP contribution in [-0.2, 0) is 0 Å². The van der Waals surface area contributed by atoms with Crippen LogP contribution in [0.3, 0.4) is 0 Å². The van der Waals surface area contributed by atoms with E-state index in [-0.39, 0.29) is 5.28 Å². The molecule has 0 fully saturated rings. The summed E-state index contributed by atoms with van der Waals surface area (Å²) in [5, 5.41) is 7.44. The molecule has 0 unspecified atom stereocenters. The fourth-order valence-electron chi connectivity index (χ4n) is 1.42. The molecule has 0 saturated heterocycles. The molecule has 1 aromatic carbocycles. The lowest BCUT2D eigenvalue weighted by molar-refractivity contribution is 0.395. The van der Waals surface area contributed by atoms with E-state index in [2.05, 4.69) is 15.2 Å². The molecule has 1 heterocycles. The van der Waals surface area contributed by atoms with E-state index in [1.165, 1.54) is 6.20 Å².